The van der Waals surface area contributed by atoms with Crippen molar-refractivity contribution >= 4 is 27.5 Å². The highest BCUT2D eigenvalue weighted by molar-refractivity contribution is 9.09. The molecule has 0 fully saturated rings. The second kappa shape index (κ2) is 9.21. The molecule has 0 radical (unpaired) electrons. The van der Waals surface area contributed by atoms with E-state index in [-0.39, 0.29) is 11.6 Å². The summed E-state index contributed by atoms with van der Waals surface area (Å²) in [5, 5.41) is 0.400. The number of carbonyl (C=O) groups excluding carboxylic acids is 2. The summed E-state index contributed by atoms with van der Waals surface area (Å²) in [6.07, 6.45) is 0.587. The van der Waals surface area contributed by atoms with E-state index in [2.05, 4.69) is 15.9 Å². The van der Waals surface area contributed by atoms with Gasteiger partial charge in [0, 0.05) is 17.5 Å². The molecule has 0 saturated heterocycles. The fourth-order valence-electron chi connectivity index (χ4n) is 1.53. The Hall–Kier alpha value is -1.74. The van der Waals surface area contributed by atoms with Crippen molar-refractivity contribution in [1.29, 1.82) is 0 Å². The summed E-state index contributed by atoms with van der Waals surface area (Å²) in [6, 6.07) is 18.6. The number of rotatable bonds is 4. The summed E-state index contributed by atoms with van der Waals surface area (Å²) in [4.78, 5) is 22.0. The van der Waals surface area contributed by atoms with Crippen LogP contribution in [0.1, 0.15) is 34.1 Å². The van der Waals surface area contributed by atoms with Crippen molar-refractivity contribution in [2.75, 3.05) is 5.33 Å². The fraction of sp³-hybridized carbons (Fsp3) is 0.176. The molecule has 0 saturated carbocycles. The van der Waals surface area contributed by atoms with Crippen molar-refractivity contribution in [3.63, 3.8) is 0 Å². The molecule has 0 bridgehead atoms. The van der Waals surface area contributed by atoms with Crippen LogP contribution in [0.5, 0.6) is 0 Å². The average molecular weight is 333 g/mol. The molecule has 0 atom stereocenters. The first kappa shape index (κ1) is 16.3. The molecule has 2 aromatic carbocycles. The maximum Gasteiger partial charge on any atom is 0.173 e. The lowest BCUT2D eigenvalue weighted by atomic mass is 10.1. The summed E-state index contributed by atoms with van der Waals surface area (Å²) in [6.45, 7) is 1.87. The molecule has 0 spiro atoms. The maximum absolute atomic E-state index is 11.0. The number of carbonyl (C=O) groups is 2. The van der Waals surface area contributed by atoms with Crippen LogP contribution in [0.2, 0.25) is 0 Å². The molecule has 0 aliphatic carbocycles. The van der Waals surface area contributed by atoms with Crippen LogP contribution in [-0.4, -0.2) is 16.9 Å². The Labute approximate surface area is 128 Å². The second-order valence-corrected chi connectivity index (χ2v) is 4.63. The summed E-state index contributed by atoms with van der Waals surface area (Å²) >= 11 is 3.10. The minimum Gasteiger partial charge on any atom is -0.294 e. The minimum atomic E-state index is 0.126. The molecule has 0 amide bonds. The SMILES string of the molecule is CCC(=O)c1ccccc1.O=C(CBr)c1ccccc1. The van der Waals surface area contributed by atoms with Crippen LogP contribution in [0.3, 0.4) is 0 Å². The zero-order valence-electron chi connectivity index (χ0n) is 11.4. The highest BCUT2D eigenvalue weighted by Gasteiger charge is 2.00. The Balaban J connectivity index is 0.000000200. The summed E-state index contributed by atoms with van der Waals surface area (Å²) in [5.41, 5.74) is 1.57. The predicted octanol–water partition coefficient (Wildman–Crippen LogP) is 4.54. The van der Waals surface area contributed by atoms with E-state index in [1.165, 1.54) is 0 Å². The zero-order valence-corrected chi connectivity index (χ0v) is 13.0. The number of Topliss-reactive ketones (excluding diaryl/α,β-unsaturated/α-hetero) is 2. The van der Waals surface area contributed by atoms with Gasteiger partial charge >= 0.3 is 0 Å². The first-order chi connectivity index (χ1) is 9.69. The number of hydrogen-bond acceptors (Lipinski definition) is 2. The fourth-order valence-corrected chi connectivity index (χ4v) is 1.85. The molecule has 0 aliphatic rings. The first-order valence-corrected chi connectivity index (χ1v) is 7.53. The molecule has 0 aromatic heterocycles. The van der Waals surface area contributed by atoms with Crippen LogP contribution < -0.4 is 0 Å². The molecule has 3 heteroatoms. The third kappa shape index (κ3) is 5.49. The number of alkyl halides is 1. The van der Waals surface area contributed by atoms with Crippen LogP contribution in [0.25, 0.3) is 0 Å². The van der Waals surface area contributed by atoms with Gasteiger partial charge in [-0.15, -0.1) is 0 Å². The van der Waals surface area contributed by atoms with Crippen molar-refractivity contribution in [2.24, 2.45) is 0 Å². The first-order valence-electron chi connectivity index (χ1n) is 6.41. The third-order valence-corrected chi connectivity index (χ3v) is 3.14. The smallest absolute Gasteiger partial charge is 0.173 e. The van der Waals surface area contributed by atoms with Gasteiger partial charge in [0.1, 0.15) is 0 Å². The van der Waals surface area contributed by atoms with Gasteiger partial charge in [-0.05, 0) is 0 Å². The van der Waals surface area contributed by atoms with Gasteiger partial charge in [-0.2, -0.15) is 0 Å². The number of hydrogen-bond donors (Lipinski definition) is 0. The van der Waals surface area contributed by atoms with Crippen LogP contribution in [0.4, 0.5) is 0 Å². The molecule has 2 rings (SSSR count). The van der Waals surface area contributed by atoms with Crippen molar-refractivity contribution in [3.8, 4) is 0 Å². The largest absolute Gasteiger partial charge is 0.294 e. The van der Waals surface area contributed by atoms with Crippen molar-refractivity contribution in [2.45, 2.75) is 13.3 Å². The van der Waals surface area contributed by atoms with Crippen LogP contribution in [-0.2, 0) is 0 Å². The molecule has 2 aromatic rings. The predicted molar refractivity (Wildman–Crippen MR) is 85.6 cm³/mol. The molecule has 2 nitrogen and oxygen atoms in total. The topological polar surface area (TPSA) is 34.1 Å². The average Bonchev–Trinajstić information content (AvgIpc) is 2.55. The van der Waals surface area contributed by atoms with E-state index in [0.29, 0.717) is 11.8 Å². The number of benzene rings is 2. The van der Waals surface area contributed by atoms with E-state index in [4.69, 9.17) is 0 Å². The van der Waals surface area contributed by atoms with Gasteiger partial charge < -0.3 is 0 Å². The Morgan fingerprint density at radius 2 is 1.20 bits per heavy atom. The molecule has 0 aliphatic heterocycles. The Morgan fingerprint density at radius 1 is 0.800 bits per heavy atom. The standard InChI is InChI=1S/C9H10O.C8H7BrO/c1-2-9(10)8-6-4-3-5-7-8;9-6-8(10)7-4-2-1-3-5-7/h3-7H,2H2,1H3;1-5H,6H2. The van der Waals surface area contributed by atoms with Crippen LogP contribution in [0.15, 0.2) is 60.7 Å². The zero-order chi connectivity index (χ0) is 14.8. The van der Waals surface area contributed by atoms with Gasteiger partial charge in [0.05, 0.1) is 5.33 Å². The van der Waals surface area contributed by atoms with Gasteiger partial charge in [0.15, 0.2) is 11.6 Å². The van der Waals surface area contributed by atoms with Crippen molar-refractivity contribution in [1.82, 2.24) is 0 Å². The molecule has 0 N–H and O–H groups in total. The number of halogens is 1. The Bertz CT molecular complexity index is 484. The second-order valence-electron chi connectivity index (χ2n) is 4.07. The van der Waals surface area contributed by atoms with E-state index in [1.54, 1.807) is 0 Å². The Morgan fingerprint density at radius 3 is 1.55 bits per heavy atom. The van der Waals surface area contributed by atoms with Gasteiger partial charge in [0.25, 0.3) is 0 Å². The van der Waals surface area contributed by atoms with Crippen molar-refractivity contribution in [3.05, 3.63) is 71.8 Å². The van der Waals surface area contributed by atoms with Gasteiger partial charge in [-0.3, -0.25) is 9.59 Å². The third-order valence-electron chi connectivity index (χ3n) is 2.63. The van der Waals surface area contributed by atoms with Crippen molar-refractivity contribution < 1.29 is 9.59 Å². The maximum atomic E-state index is 11.0. The summed E-state index contributed by atoms with van der Waals surface area (Å²) in [5.74, 6) is 0.334. The molecule has 20 heavy (non-hydrogen) atoms. The summed E-state index contributed by atoms with van der Waals surface area (Å²) < 4.78 is 0. The highest BCUT2D eigenvalue weighted by atomic mass is 79.9. The molecule has 0 unspecified atom stereocenters. The van der Waals surface area contributed by atoms with E-state index in [1.807, 2.05) is 67.6 Å². The number of ketones is 2. The lowest BCUT2D eigenvalue weighted by Gasteiger charge is -1.93. The van der Waals surface area contributed by atoms with Gasteiger partial charge in [0.2, 0.25) is 0 Å². The lowest BCUT2D eigenvalue weighted by molar-refractivity contribution is 0.0986. The lowest BCUT2D eigenvalue weighted by Crippen LogP contribution is -1.98. The Kier molecular flexibility index (Phi) is 7.51. The normalized spacial score (nSPS) is 9.30. The van der Waals surface area contributed by atoms with Crippen LogP contribution in [0, 0.1) is 0 Å². The van der Waals surface area contributed by atoms with E-state index in [9.17, 15) is 9.59 Å². The van der Waals surface area contributed by atoms with E-state index in [0.717, 1.165) is 11.1 Å². The van der Waals surface area contributed by atoms with E-state index >= 15 is 0 Å². The quantitative estimate of drug-likeness (QED) is 0.608. The molecule has 0 heterocycles. The molecular weight excluding hydrogens is 316 g/mol. The highest BCUT2D eigenvalue weighted by Crippen LogP contribution is 2.01. The monoisotopic (exact) mass is 332 g/mol. The van der Waals surface area contributed by atoms with Crippen LogP contribution >= 0.6 is 15.9 Å². The van der Waals surface area contributed by atoms with Gasteiger partial charge in [-0.25, -0.2) is 0 Å². The van der Waals surface area contributed by atoms with Gasteiger partial charge in [-0.1, -0.05) is 83.5 Å². The van der Waals surface area contributed by atoms with E-state index < -0.39 is 0 Å². The molecular formula is C17H17BrO2. The minimum absolute atomic E-state index is 0.126. The summed E-state index contributed by atoms with van der Waals surface area (Å²) in [7, 11) is 0. The molecule has 104 valence electrons.